The van der Waals surface area contributed by atoms with Crippen molar-refractivity contribution in [3.05, 3.63) is 0 Å². The topological polar surface area (TPSA) is 52.6 Å². The highest BCUT2D eigenvalue weighted by Crippen LogP contribution is 2.16. The van der Waals surface area contributed by atoms with Crippen LogP contribution in [-0.2, 0) is 19.1 Å². The highest BCUT2D eigenvalue weighted by molar-refractivity contribution is 5.69. The maximum atomic E-state index is 12.0. The van der Waals surface area contributed by atoms with E-state index < -0.39 is 0 Å². The first-order valence-corrected chi connectivity index (χ1v) is 22.0. The molecule has 0 aromatic heterocycles. The van der Waals surface area contributed by atoms with E-state index in [9.17, 15) is 9.59 Å². The van der Waals surface area contributed by atoms with Crippen LogP contribution in [-0.4, -0.2) is 25.2 Å². The van der Waals surface area contributed by atoms with Gasteiger partial charge in [-0.3, -0.25) is 9.59 Å². The average molecular weight is 679 g/mol. The van der Waals surface area contributed by atoms with Crippen molar-refractivity contribution in [2.75, 3.05) is 13.2 Å². The number of rotatable bonds is 41. The molecule has 0 aromatic rings. The number of hydrogen-bond acceptors (Lipinski definition) is 4. The molecule has 0 aromatic carbocycles. The first kappa shape index (κ1) is 46.9. The van der Waals surface area contributed by atoms with E-state index >= 15 is 0 Å². The second-order valence-corrected chi connectivity index (χ2v) is 15.0. The molecule has 0 heterocycles. The van der Waals surface area contributed by atoms with Crippen LogP contribution in [0.25, 0.3) is 0 Å². The summed E-state index contributed by atoms with van der Waals surface area (Å²) in [4.78, 5) is 24.0. The second kappa shape index (κ2) is 42.1. The van der Waals surface area contributed by atoms with E-state index in [0.29, 0.717) is 26.1 Å². The van der Waals surface area contributed by atoms with Crippen LogP contribution in [0.2, 0.25) is 0 Å². The summed E-state index contributed by atoms with van der Waals surface area (Å²) < 4.78 is 10.8. The molecular formula is C44H86O4. The van der Waals surface area contributed by atoms with Gasteiger partial charge in [-0.1, -0.05) is 219 Å². The molecule has 0 bridgehead atoms. The number of carbonyl (C=O) groups is 2. The van der Waals surface area contributed by atoms with E-state index in [4.69, 9.17) is 9.47 Å². The first-order valence-electron chi connectivity index (χ1n) is 22.0. The summed E-state index contributed by atoms with van der Waals surface area (Å²) in [5.74, 6) is -0.122. The van der Waals surface area contributed by atoms with Crippen LogP contribution in [0.15, 0.2) is 0 Å². The Morgan fingerprint density at radius 2 is 0.458 bits per heavy atom. The Balaban J connectivity index is 3.24. The number of ether oxygens (including phenoxy) is 2. The third-order valence-electron chi connectivity index (χ3n) is 10.0. The molecule has 0 saturated carbocycles. The van der Waals surface area contributed by atoms with E-state index in [0.717, 1.165) is 38.5 Å². The van der Waals surface area contributed by atoms with Gasteiger partial charge in [-0.2, -0.15) is 0 Å². The van der Waals surface area contributed by atoms with Gasteiger partial charge in [0.2, 0.25) is 0 Å². The first-order chi connectivity index (χ1) is 23.7. The highest BCUT2D eigenvalue weighted by Gasteiger charge is 2.05. The van der Waals surface area contributed by atoms with Gasteiger partial charge in [0.25, 0.3) is 0 Å². The quantitative estimate of drug-likeness (QED) is 0.0477. The van der Waals surface area contributed by atoms with Crippen molar-refractivity contribution >= 4 is 11.9 Å². The third-order valence-corrected chi connectivity index (χ3v) is 10.0. The molecule has 0 aliphatic carbocycles. The summed E-state index contributed by atoms with van der Waals surface area (Å²) in [6.07, 6.45) is 47.9. The van der Waals surface area contributed by atoms with E-state index in [2.05, 4.69) is 13.8 Å². The molecule has 4 heteroatoms. The molecule has 0 atom stereocenters. The zero-order valence-corrected chi connectivity index (χ0v) is 32.9. The monoisotopic (exact) mass is 679 g/mol. The Morgan fingerprint density at radius 1 is 0.271 bits per heavy atom. The molecule has 0 aliphatic heterocycles. The fourth-order valence-electron chi connectivity index (χ4n) is 6.71. The molecule has 0 spiro atoms. The van der Waals surface area contributed by atoms with Crippen molar-refractivity contribution in [1.29, 1.82) is 0 Å². The molecule has 0 aliphatic rings. The van der Waals surface area contributed by atoms with Gasteiger partial charge in [-0.15, -0.1) is 0 Å². The van der Waals surface area contributed by atoms with Gasteiger partial charge < -0.3 is 9.47 Å². The van der Waals surface area contributed by atoms with Crippen LogP contribution in [0.4, 0.5) is 0 Å². The molecule has 0 N–H and O–H groups in total. The van der Waals surface area contributed by atoms with Crippen molar-refractivity contribution in [3.8, 4) is 0 Å². The van der Waals surface area contributed by atoms with E-state index in [1.54, 1.807) is 0 Å². The maximum Gasteiger partial charge on any atom is 0.305 e. The summed E-state index contributed by atoms with van der Waals surface area (Å²) in [5.41, 5.74) is 0. The largest absolute Gasteiger partial charge is 0.466 e. The molecule has 48 heavy (non-hydrogen) atoms. The minimum atomic E-state index is -0.0610. The van der Waals surface area contributed by atoms with Crippen molar-refractivity contribution in [1.82, 2.24) is 0 Å². The summed E-state index contributed by atoms with van der Waals surface area (Å²) >= 11 is 0. The Morgan fingerprint density at radius 3 is 0.688 bits per heavy atom. The maximum absolute atomic E-state index is 12.0. The molecule has 0 rings (SSSR count). The predicted octanol–water partition coefficient (Wildman–Crippen LogP) is 14.9. The summed E-state index contributed by atoms with van der Waals surface area (Å²) in [6.45, 7) is 5.71. The van der Waals surface area contributed by atoms with E-state index in [1.807, 2.05) is 0 Å². The molecule has 0 radical (unpaired) electrons. The van der Waals surface area contributed by atoms with Gasteiger partial charge in [0.1, 0.15) is 0 Å². The van der Waals surface area contributed by atoms with Crippen LogP contribution >= 0.6 is 0 Å². The fourth-order valence-corrected chi connectivity index (χ4v) is 6.71. The Labute approximate surface area is 301 Å². The lowest BCUT2D eigenvalue weighted by molar-refractivity contribution is -0.145. The third kappa shape index (κ3) is 41.1. The number of esters is 2. The van der Waals surface area contributed by atoms with Gasteiger partial charge in [0.15, 0.2) is 0 Å². The van der Waals surface area contributed by atoms with Gasteiger partial charge in [-0.25, -0.2) is 0 Å². The predicted molar refractivity (Wildman–Crippen MR) is 209 cm³/mol. The summed E-state index contributed by atoms with van der Waals surface area (Å²) in [7, 11) is 0. The average Bonchev–Trinajstić information content (AvgIpc) is 3.09. The van der Waals surface area contributed by atoms with Gasteiger partial charge in [-0.05, 0) is 25.7 Å². The SMILES string of the molecule is CCCCCCCCCCCCCCCCCCOC(=O)CCCCCCC(=O)OCCCCCCCCCCCCCCCCCC. The van der Waals surface area contributed by atoms with E-state index in [1.165, 1.54) is 193 Å². The Kier molecular flexibility index (Phi) is 41.2. The molecule has 0 unspecified atom stereocenters. The standard InChI is InChI=1S/C44H86O4/c1-3-5-7-9-11-13-15-17-19-21-23-25-27-29-33-37-41-47-43(45)39-35-31-32-36-40-44(46)48-42-38-34-30-28-26-24-22-20-18-16-14-12-10-8-6-4-2/h3-42H2,1-2H3. The lowest BCUT2D eigenvalue weighted by Crippen LogP contribution is -2.06. The zero-order valence-electron chi connectivity index (χ0n) is 32.9. The smallest absolute Gasteiger partial charge is 0.305 e. The van der Waals surface area contributed by atoms with Crippen LogP contribution in [0.1, 0.15) is 258 Å². The highest BCUT2D eigenvalue weighted by atomic mass is 16.5. The van der Waals surface area contributed by atoms with Gasteiger partial charge in [0.05, 0.1) is 13.2 Å². The van der Waals surface area contributed by atoms with Crippen LogP contribution in [0, 0.1) is 0 Å². The summed E-state index contributed by atoms with van der Waals surface area (Å²) in [5, 5.41) is 0. The van der Waals surface area contributed by atoms with Crippen LogP contribution < -0.4 is 0 Å². The molecule has 286 valence electrons. The number of unbranched alkanes of at least 4 members (excludes halogenated alkanes) is 33. The van der Waals surface area contributed by atoms with Crippen molar-refractivity contribution in [2.24, 2.45) is 0 Å². The Bertz CT molecular complexity index is 579. The van der Waals surface area contributed by atoms with Crippen LogP contribution in [0.3, 0.4) is 0 Å². The lowest BCUT2D eigenvalue weighted by atomic mass is 10.0. The van der Waals surface area contributed by atoms with Crippen LogP contribution in [0.5, 0.6) is 0 Å². The number of hydrogen-bond donors (Lipinski definition) is 0. The van der Waals surface area contributed by atoms with Crippen molar-refractivity contribution < 1.29 is 19.1 Å². The number of carbonyl (C=O) groups excluding carboxylic acids is 2. The molecule has 0 fully saturated rings. The molecular weight excluding hydrogens is 592 g/mol. The lowest BCUT2D eigenvalue weighted by Gasteiger charge is -2.06. The molecule has 4 nitrogen and oxygen atoms in total. The van der Waals surface area contributed by atoms with Crippen molar-refractivity contribution in [2.45, 2.75) is 258 Å². The Hall–Kier alpha value is -1.06. The normalized spacial score (nSPS) is 11.3. The summed E-state index contributed by atoms with van der Waals surface area (Å²) in [6, 6.07) is 0. The zero-order chi connectivity index (χ0) is 34.9. The van der Waals surface area contributed by atoms with E-state index in [-0.39, 0.29) is 11.9 Å². The van der Waals surface area contributed by atoms with Crippen molar-refractivity contribution in [3.63, 3.8) is 0 Å². The molecule has 0 amide bonds. The van der Waals surface area contributed by atoms with Gasteiger partial charge >= 0.3 is 11.9 Å². The molecule has 0 saturated heterocycles. The fraction of sp³-hybridized carbons (Fsp3) is 0.955. The van der Waals surface area contributed by atoms with Gasteiger partial charge in [0, 0.05) is 12.8 Å². The minimum Gasteiger partial charge on any atom is -0.466 e. The second-order valence-electron chi connectivity index (χ2n) is 15.0. The minimum absolute atomic E-state index is 0.0610.